The van der Waals surface area contributed by atoms with Crippen LogP contribution in [0.15, 0.2) is 12.1 Å². The lowest BCUT2D eigenvalue weighted by Crippen LogP contribution is -2.29. The maximum absolute atomic E-state index is 12.8. The third-order valence-corrected chi connectivity index (χ3v) is 4.45. The van der Waals surface area contributed by atoms with Crippen LogP contribution in [0.4, 0.5) is 13.2 Å². The molecule has 1 aliphatic rings. The zero-order valence-corrected chi connectivity index (χ0v) is 10.7. The van der Waals surface area contributed by atoms with Crippen molar-refractivity contribution in [1.82, 2.24) is 4.57 Å². The number of aromatic nitrogens is 1. The molecular formula is C12H12F3N3S. The van der Waals surface area contributed by atoms with Gasteiger partial charge in [-0.1, -0.05) is 11.3 Å². The highest BCUT2D eigenvalue weighted by Gasteiger charge is 2.33. The van der Waals surface area contributed by atoms with Gasteiger partial charge in [0.25, 0.3) is 0 Å². The molecule has 7 heteroatoms. The monoisotopic (exact) mass is 287 g/mol. The fraction of sp³-hybridized carbons (Fsp3) is 0.417. The molecule has 1 unspecified atom stereocenters. The number of nitrogens with one attached hydrogen (secondary N) is 1. The first-order valence-electron chi connectivity index (χ1n) is 5.91. The predicted octanol–water partition coefficient (Wildman–Crippen LogP) is 2.65. The Bertz CT molecular complexity index is 699. The minimum absolute atomic E-state index is 0.0190. The van der Waals surface area contributed by atoms with E-state index < -0.39 is 11.7 Å². The van der Waals surface area contributed by atoms with Gasteiger partial charge in [-0.15, -0.1) is 0 Å². The number of aryl methyl sites for hydroxylation is 1. The van der Waals surface area contributed by atoms with E-state index in [1.807, 2.05) is 0 Å². The highest BCUT2D eigenvalue weighted by molar-refractivity contribution is 7.16. The first-order valence-corrected chi connectivity index (χ1v) is 6.73. The molecule has 0 aliphatic carbocycles. The Morgan fingerprint density at radius 2 is 2.16 bits per heavy atom. The Kier molecular flexibility index (Phi) is 2.72. The maximum atomic E-state index is 12.8. The zero-order valence-electron chi connectivity index (χ0n) is 9.92. The number of rotatable bonds is 1. The number of benzene rings is 1. The van der Waals surface area contributed by atoms with Gasteiger partial charge >= 0.3 is 6.18 Å². The van der Waals surface area contributed by atoms with Crippen LogP contribution >= 0.6 is 11.3 Å². The van der Waals surface area contributed by atoms with E-state index in [2.05, 4.69) is 0 Å². The third-order valence-electron chi connectivity index (χ3n) is 3.53. The van der Waals surface area contributed by atoms with Crippen LogP contribution in [0, 0.1) is 5.41 Å². The summed E-state index contributed by atoms with van der Waals surface area (Å²) in [5, 5.41) is 7.93. The van der Waals surface area contributed by atoms with E-state index in [1.54, 1.807) is 4.57 Å². The van der Waals surface area contributed by atoms with Crippen LogP contribution < -0.4 is 10.5 Å². The summed E-state index contributed by atoms with van der Waals surface area (Å²) in [6.45, 7) is 0.406. The van der Waals surface area contributed by atoms with Gasteiger partial charge in [0, 0.05) is 12.6 Å². The van der Waals surface area contributed by atoms with Gasteiger partial charge in [0.15, 0.2) is 4.80 Å². The topological polar surface area (TPSA) is 54.8 Å². The van der Waals surface area contributed by atoms with Crippen LogP contribution in [-0.4, -0.2) is 11.1 Å². The molecule has 3 rings (SSSR count). The molecule has 0 radical (unpaired) electrons. The second-order valence-corrected chi connectivity index (χ2v) is 5.72. The van der Waals surface area contributed by atoms with E-state index in [0.717, 1.165) is 22.9 Å². The molecule has 2 heterocycles. The lowest BCUT2D eigenvalue weighted by atomic mass is 9.97. The number of nitrogens with two attached hydrogens (primary N) is 1. The van der Waals surface area contributed by atoms with E-state index in [9.17, 15) is 13.2 Å². The molecule has 19 heavy (non-hydrogen) atoms. The van der Waals surface area contributed by atoms with E-state index in [1.165, 1.54) is 6.07 Å². The molecular weight excluding hydrogens is 275 g/mol. The summed E-state index contributed by atoms with van der Waals surface area (Å²) in [5.41, 5.74) is 6.48. The Balaban J connectivity index is 2.33. The summed E-state index contributed by atoms with van der Waals surface area (Å²) < 4.78 is 40.8. The Labute approximate surface area is 111 Å². The summed E-state index contributed by atoms with van der Waals surface area (Å²) in [5.74, 6) is 0. The van der Waals surface area contributed by atoms with Crippen molar-refractivity contribution in [1.29, 1.82) is 5.41 Å². The number of alkyl halides is 3. The van der Waals surface area contributed by atoms with Crippen molar-refractivity contribution in [2.24, 2.45) is 5.73 Å². The van der Waals surface area contributed by atoms with Gasteiger partial charge in [-0.3, -0.25) is 5.41 Å². The quantitative estimate of drug-likeness (QED) is 0.832. The number of hydrogen-bond acceptors (Lipinski definition) is 3. The Hall–Kier alpha value is -1.34. The molecule has 0 saturated carbocycles. The summed E-state index contributed by atoms with van der Waals surface area (Å²) in [4.78, 5) is 0.269. The Morgan fingerprint density at radius 3 is 2.79 bits per heavy atom. The van der Waals surface area contributed by atoms with Crippen LogP contribution in [0.1, 0.15) is 23.6 Å². The summed E-state index contributed by atoms with van der Waals surface area (Å²) in [6.07, 6.45) is -3.07. The molecule has 0 bridgehead atoms. The first kappa shape index (κ1) is 12.7. The van der Waals surface area contributed by atoms with E-state index in [0.29, 0.717) is 29.6 Å². The second-order valence-electron chi connectivity index (χ2n) is 4.69. The smallest absolute Gasteiger partial charge is 0.328 e. The number of hydrogen-bond donors (Lipinski definition) is 2. The zero-order chi connectivity index (χ0) is 13.8. The van der Waals surface area contributed by atoms with Crippen LogP contribution in [0.5, 0.6) is 0 Å². The number of halogens is 3. The van der Waals surface area contributed by atoms with Gasteiger partial charge in [-0.05, 0) is 30.5 Å². The molecule has 0 spiro atoms. The van der Waals surface area contributed by atoms with Crippen molar-refractivity contribution >= 4 is 21.6 Å². The largest absolute Gasteiger partial charge is 0.416 e. The molecule has 1 aromatic heterocycles. The Morgan fingerprint density at radius 1 is 1.42 bits per heavy atom. The van der Waals surface area contributed by atoms with Crippen LogP contribution in [0.25, 0.3) is 10.2 Å². The minimum Gasteiger partial charge on any atom is -0.328 e. The molecule has 1 aliphatic heterocycles. The molecule has 0 saturated heterocycles. The molecule has 0 amide bonds. The fourth-order valence-electron chi connectivity index (χ4n) is 2.65. The maximum Gasteiger partial charge on any atom is 0.416 e. The van der Waals surface area contributed by atoms with Gasteiger partial charge in [-0.2, -0.15) is 13.2 Å². The van der Waals surface area contributed by atoms with Crippen molar-refractivity contribution in [2.45, 2.75) is 25.1 Å². The normalized spacial score (nSPS) is 19.1. The standard InChI is InChI=1S/C12H12F3N3S/c13-12(14,15)7-3-6-1-2-8(5-16)18-10(6)9(4-7)19-11(18)17/h3-4,8,17H,1-2,5,16H2. The van der Waals surface area contributed by atoms with Crippen LogP contribution in [-0.2, 0) is 12.6 Å². The highest BCUT2D eigenvalue weighted by atomic mass is 32.1. The lowest BCUT2D eigenvalue weighted by molar-refractivity contribution is -0.137. The number of nitrogens with zero attached hydrogens (tertiary/aromatic N) is 1. The van der Waals surface area contributed by atoms with E-state index >= 15 is 0 Å². The number of thiazole rings is 1. The van der Waals surface area contributed by atoms with Crippen molar-refractivity contribution in [2.75, 3.05) is 6.54 Å². The van der Waals surface area contributed by atoms with Crippen molar-refractivity contribution in [3.05, 3.63) is 28.1 Å². The molecule has 1 aromatic carbocycles. The SMILES string of the molecule is N=c1sc2cc(C(F)(F)F)cc3c2n1C(CN)CC3. The summed E-state index contributed by atoms with van der Waals surface area (Å²) in [7, 11) is 0. The highest BCUT2D eigenvalue weighted by Crippen LogP contribution is 2.37. The summed E-state index contributed by atoms with van der Waals surface area (Å²) in [6, 6.07) is 2.36. The first-order chi connectivity index (χ1) is 8.91. The molecule has 3 nitrogen and oxygen atoms in total. The van der Waals surface area contributed by atoms with Crippen molar-refractivity contribution in [3.63, 3.8) is 0 Å². The van der Waals surface area contributed by atoms with Crippen molar-refractivity contribution in [3.8, 4) is 0 Å². The fourth-order valence-corrected chi connectivity index (χ4v) is 3.71. The van der Waals surface area contributed by atoms with Crippen LogP contribution in [0.3, 0.4) is 0 Å². The van der Waals surface area contributed by atoms with Gasteiger partial charge in [0.1, 0.15) is 0 Å². The van der Waals surface area contributed by atoms with Gasteiger partial charge in [-0.25, -0.2) is 0 Å². The molecule has 1 atom stereocenters. The molecule has 0 fully saturated rings. The minimum atomic E-state index is -4.34. The predicted molar refractivity (Wildman–Crippen MR) is 67.1 cm³/mol. The van der Waals surface area contributed by atoms with E-state index in [-0.39, 0.29) is 10.8 Å². The molecule has 3 N–H and O–H groups in total. The molecule has 2 aromatic rings. The lowest BCUT2D eigenvalue weighted by Gasteiger charge is -2.24. The third kappa shape index (κ3) is 1.88. The summed E-state index contributed by atoms with van der Waals surface area (Å²) >= 11 is 1.08. The van der Waals surface area contributed by atoms with Gasteiger partial charge < -0.3 is 10.3 Å². The van der Waals surface area contributed by atoms with E-state index in [4.69, 9.17) is 11.1 Å². The average Bonchev–Trinajstić information content (AvgIpc) is 2.67. The molecule has 102 valence electrons. The van der Waals surface area contributed by atoms with Gasteiger partial charge in [0.2, 0.25) is 0 Å². The van der Waals surface area contributed by atoms with Crippen LogP contribution in [0.2, 0.25) is 0 Å². The van der Waals surface area contributed by atoms with Gasteiger partial charge in [0.05, 0.1) is 15.8 Å². The van der Waals surface area contributed by atoms with Crippen molar-refractivity contribution < 1.29 is 13.2 Å². The average molecular weight is 287 g/mol. The second kappa shape index (κ2) is 4.08.